The van der Waals surface area contributed by atoms with Crippen LogP contribution in [0.2, 0.25) is 5.02 Å². The molecule has 1 aromatic carbocycles. The lowest BCUT2D eigenvalue weighted by Gasteiger charge is -2.06. The number of H-pyrrole nitrogens is 1. The highest BCUT2D eigenvalue weighted by Gasteiger charge is 2.08. The normalized spacial score (nSPS) is 13.1. The highest BCUT2D eigenvalue weighted by molar-refractivity contribution is 6.31. The maximum atomic E-state index is 5.94. The van der Waals surface area contributed by atoms with Crippen LogP contribution in [0.5, 0.6) is 0 Å². The standard InChI is InChI=1S/C12H16ClN3O/c1-7(17-2)3-4-11-15-10-6-8(13)5-9(14)12(10)16-11/h5-7H,3-4,14H2,1-2H3,(H,15,16). The van der Waals surface area contributed by atoms with Gasteiger partial charge in [0.15, 0.2) is 0 Å². The van der Waals surface area contributed by atoms with Gasteiger partial charge < -0.3 is 15.5 Å². The van der Waals surface area contributed by atoms with Crippen molar-refractivity contribution in [3.8, 4) is 0 Å². The number of nitrogens with two attached hydrogens (primary N) is 1. The van der Waals surface area contributed by atoms with Crippen LogP contribution >= 0.6 is 11.6 Å². The lowest BCUT2D eigenvalue weighted by molar-refractivity contribution is 0.111. The van der Waals surface area contributed by atoms with E-state index in [1.165, 1.54) is 0 Å². The van der Waals surface area contributed by atoms with Crippen molar-refractivity contribution in [1.82, 2.24) is 9.97 Å². The number of anilines is 1. The Morgan fingerprint density at radius 2 is 2.29 bits per heavy atom. The minimum atomic E-state index is 0.226. The molecule has 1 unspecified atom stereocenters. The number of aromatic nitrogens is 2. The lowest BCUT2D eigenvalue weighted by Crippen LogP contribution is -2.06. The van der Waals surface area contributed by atoms with Gasteiger partial charge in [-0.2, -0.15) is 0 Å². The van der Waals surface area contributed by atoms with Crippen molar-refractivity contribution in [2.45, 2.75) is 25.9 Å². The fourth-order valence-electron chi connectivity index (χ4n) is 1.73. The average Bonchev–Trinajstić information content (AvgIpc) is 2.69. The van der Waals surface area contributed by atoms with Crippen molar-refractivity contribution in [3.63, 3.8) is 0 Å². The summed E-state index contributed by atoms with van der Waals surface area (Å²) < 4.78 is 5.20. The molecule has 0 aliphatic rings. The van der Waals surface area contributed by atoms with E-state index in [4.69, 9.17) is 22.1 Å². The molecule has 1 aromatic heterocycles. The van der Waals surface area contributed by atoms with Gasteiger partial charge in [0.1, 0.15) is 11.3 Å². The van der Waals surface area contributed by atoms with E-state index in [2.05, 4.69) is 9.97 Å². The third kappa shape index (κ3) is 2.70. The second kappa shape index (κ2) is 4.94. The highest BCUT2D eigenvalue weighted by atomic mass is 35.5. The molecule has 0 aliphatic heterocycles. The van der Waals surface area contributed by atoms with Gasteiger partial charge in [0, 0.05) is 18.6 Å². The fraction of sp³-hybridized carbons (Fsp3) is 0.417. The monoisotopic (exact) mass is 253 g/mol. The summed E-state index contributed by atoms with van der Waals surface area (Å²) in [6.07, 6.45) is 1.98. The van der Waals surface area contributed by atoms with E-state index in [1.54, 1.807) is 13.2 Å². The maximum absolute atomic E-state index is 5.94. The second-order valence-electron chi connectivity index (χ2n) is 4.16. The zero-order valence-electron chi connectivity index (χ0n) is 9.96. The molecule has 1 heterocycles. The van der Waals surface area contributed by atoms with Crippen molar-refractivity contribution >= 4 is 28.3 Å². The molecular weight excluding hydrogens is 238 g/mol. The molecule has 0 spiro atoms. The first-order chi connectivity index (χ1) is 8.10. The number of nitrogen functional groups attached to an aromatic ring is 1. The molecule has 0 amide bonds. The molecule has 92 valence electrons. The fourth-order valence-corrected chi connectivity index (χ4v) is 1.96. The highest BCUT2D eigenvalue weighted by Crippen LogP contribution is 2.24. The number of benzene rings is 1. The summed E-state index contributed by atoms with van der Waals surface area (Å²) in [4.78, 5) is 7.69. The number of hydrogen-bond acceptors (Lipinski definition) is 3. The molecule has 0 saturated heterocycles. The summed E-state index contributed by atoms with van der Waals surface area (Å²) in [5, 5.41) is 0.621. The van der Waals surface area contributed by atoms with Gasteiger partial charge in [-0.3, -0.25) is 0 Å². The van der Waals surface area contributed by atoms with Crippen molar-refractivity contribution in [2.75, 3.05) is 12.8 Å². The number of nitrogens with one attached hydrogen (secondary N) is 1. The summed E-state index contributed by atoms with van der Waals surface area (Å²) in [6, 6.07) is 3.55. The summed E-state index contributed by atoms with van der Waals surface area (Å²) in [5.74, 6) is 0.915. The average molecular weight is 254 g/mol. The predicted molar refractivity (Wildman–Crippen MR) is 70.3 cm³/mol. The van der Waals surface area contributed by atoms with Crippen molar-refractivity contribution in [1.29, 1.82) is 0 Å². The number of hydrogen-bond donors (Lipinski definition) is 2. The molecule has 2 aromatic rings. The SMILES string of the molecule is COC(C)CCc1nc2c(N)cc(Cl)cc2[nH]1. The van der Waals surface area contributed by atoms with Crippen LogP contribution in [0.1, 0.15) is 19.2 Å². The molecule has 0 fully saturated rings. The van der Waals surface area contributed by atoms with Gasteiger partial charge >= 0.3 is 0 Å². The quantitative estimate of drug-likeness (QED) is 0.824. The van der Waals surface area contributed by atoms with Crippen molar-refractivity contribution in [2.24, 2.45) is 0 Å². The number of fused-ring (bicyclic) bond motifs is 1. The Hall–Kier alpha value is -1.26. The largest absolute Gasteiger partial charge is 0.397 e. The van der Waals surface area contributed by atoms with E-state index in [0.29, 0.717) is 10.7 Å². The Labute approximate surface area is 105 Å². The number of imidazole rings is 1. The van der Waals surface area contributed by atoms with Crippen LogP contribution in [0, 0.1) is 0 Å². The molecule has 0 saturated carbocycles. The Kier molecular flexibility index (Phi) is 3.54. The lowest BCUT2D eigenvalue weighted by atomic mass is 10.2. The number of methoxy groups -OCH3 is 1. The summed E-state index contributed by atoms with van der Waals surface area (Å²) in [7, 11) is 1.71. The van der Waals surface area contributed by atoms with Crippen LogP contribution in [0.25, 0.3) is 11.0 Å². The van der Waals surface area contributed by atoms with E-state index in [0.717, 1.165) is 29.7 Å². The third-order valence-corrected chi connectivity index (χ3v) is 3.04. The van der Waals surface area contributed by atoms with Crippen LogP contribution < -0.4 is 5.73 Å². The number of aryl methyl sites for hydroxylation is 1. The molecule has 3 N–H and O–H groups in total. The molecule has 5 heteroatoms. The molecule has 0 radical (unpaired) electrons. The number of ether oxygens (including phenoxy) is 1. The zero-order valence-corrected chi connectivity index (χ0v) is 10.7. The third-order valence-electron chi connectivity index (χ3n) is 2.82. The topological polar surface area (TPSA) is 63.9 Å². The van der Waals surface area contributed by atoms with Gasteiger partial charge in [-0.15, -0.1) is 0 Å². The Morgan fingerprint density at radius 3 is 3.00 bits per heavy atom. The van der Waals surface area contributed by atoms with Gasteiger partial charge in [-0.05, 0) is 25.5 Å². The van der Waals surface area contributed by atoms with Crippen LogP contribution in [-0.4, -0.2) is 23.2 Å². The Balaban J connectivity index is 2.23. The van der Waals surface area contributed by atoms with Crippen LogP contribution in [0.15, 0.2) is 12.1 Å². The number of nitrogens with zero attached hydrogens (tertiary/aromatic N) is 1. The van der Waals surface area contributed by atoms with Gasteiger partial charge in [0.25, 0.3) is 0 Å². The number of aromatic amines is 1. The first-order valence-corrected chi connectivity index (χ1v) is 5.94. The first kappa shape index (κ1) is 12.2. The predicted octanol–water partition coefficient (Wildman–Crippen LogP) is 2.77. The minimum Gasteiger partial charge on any atom is -0.397 e. The number of halogens is 1. The molecule has 17 heavy (non-hydrogen) atoms. The Morgan fingerprint density at radius 1 is 1.53 bits per heavy atom. The van der Waals surface area contributed by atoms with Gasteiger partial charge in [0.05, 0.1) is 17.3 Å². The van der Waals surface area contributed by atoms with Crippen LogP contribution in [-0.2, 0) is 11.2 Å². The maximum Gasteiger partial charge on any atom is 0.112 e. The van der Waals surface area contributed by atoms with Crippen LogP contribution in [0.3, 0.4) is 0 Å². The smallest absolute Gasteiger partial charge is 0.112 e. The van der Waals surface area contributed by atoms with E-state index in [9.17, 15) is 0 Å². The van der Waals surface area contributed by atoms with E-state index >= 15 is 0 Å². The van der Waals surface area contributed by atoms with E-state index < -0.39 is 0 Å². The first-order valence-electron chi connectivity index (χ1n) is 5.56. The molecule has 4 nitrogen and oxygen atoms in total. The van der Waals surface area contributed by atoms with E-state index in [1.807, 2.05) is 13.0 Å². The van der Waals surface area contributed by atoms with Gasteiger partial charge in [-0.1, -0.05) is 11.6 Å². The second-order valence-corrected chi connectivity index (χ2v) is 4.60. The van der Waals surface area contributed by atoms with Gasteiger partial charge in [-0.25, -0.2) is 4.98 Å². The van der Waals surface area contributed by atoms with Crippen LogP contribution in [0.4, 0.5) is 5.69 Å². The summed E-state index contributed by atoms with van der Waals surface area (Å²) in [5.41, 5.74) is 8.14. The molecule has 0 bridgehead atoms. The van der Waals surface area contributed by atoms with Crippen molar-refractivity contribution < 1.29 is 4.74 Å². The number of rotatable bonds is 4. The molecule has 0 aliphatic carbocycles. The summed E-state index contributed by atoms with van der Waals surface area (Å²) in [6.45, 7) is 2.04. The molecule has 1 atom stereocenters. The summed E-state index contributed by atoms with van der Waals surface area (Å²) >= 11 is 5.94. The molecule has 2 rings (SSSR count). The van der Waals surface area contributed by atoms with Crippen molar-refractivity contribution in [3.05, 3.63) is 23.0 Å². The van der Waals surface area contributed by atoms with E-state index in [-0.39, 0.29) is 6.10 Å². The Bertz CT molecular complexity index is 524. The minimum absolute atomic E-state index is 0.226. The van der Waals surface area contributed by atoms with Gasteiger partial charge in [0.2, 0.25) is 0 Å². The molecular formula is C12H16ClN3O. The zero-order chi connectivity index (χ0) is 12.4.